The highest BCUT2D eigenvalue weighted by atomic mass is 16.5. The molecule has 0 saturated carbocycles. The van der Waals surface area contributed by atoms with Crippen LogP contribution < -0.4 is 9.47 Å². The van der Waals surface area contributed by atoms with Crippen molar-refractivity contribution in [2.75, 3.05) is 33.3 Å². The van der Waals surface area contributed by atoms with Gasteiger partial charge in [0.15, 0.2) is 0 Å². The second kappa shape index (κ2) is 12.0. The van der Waals surface area contributed by atoms with Gasteiger partial charge >= 0.3 is 0 Å². The van der Waals surface area contributed by atoms with Crippen LogP contribution in [0.15, 0.2) is 78.4 Å². The molecule has 1 fully saturated rings. The monoisotopic (exact) mass is 514 g/mol. The maximum atomic E-state index is 13.4. The number of amides is 1. The van der Waals surface area contributed by atoms with E-state index in [2.05, 4.69) is 18.7 Å². The fourth-order valence-electron chi connectivity index (χ4n) is 4.79. The number of carbonyl (C=O) groups is 2. The number of Topliss-reactive ketones (excluding diaryl/α,β-unsaturated/α-hetero) is 1. The summed E-state index contributed by atoms with van der Waals surface area (Å²) in [5, 5.41) is 11.5. The fourth-order valence-corrected chi connectivity index (χ4v) is 4.79. The van der Waals surface area contributed by atoms with Gasteiger partial charge in [0.2, 0.25) is 0 Å². The lowest BCUT2D eigenvalue weighted by molar-refractivity contribution is -0.140. The van der Waals surface area contributed by atoms with Gasteiger partial charge in [0.25, 0.3) is 11.7 Å². The molecular formula is C31H34N2O5. The van der Waals surface area contributed by atoms with Gasteiger partial charge in [-0.2, -0.15) is 0 Å². The van der Waals surface area contributed by atoms with E-state index in [0.717, 1.165) is 18.7 Å². The average Bonchev–Trinajstić information content (AvgIpc) is 3.19. The zero-order chi connectivity index (χ0) is 27.2. The van der Waals surface area contributed by atoms with E-state index in [1.165, 1.54) is 0 Å². The number of nitrogens with zero attached hydrogens (tertiary/aromatic N) is 2. The second-order valence-electron chi connectivity index (χ2n) is 9.19. The smallest absolute Gasteiger partial charge is 0.295 e. The second-order valence-corrected chi connectivity index (χ2v) is 9.19. The van der Waals surface area contributed by atoms with Crippen LogP contribution in [0, 0.1) is 6.92 Å². The number of ether oxygens (including phenoxy) is 2. The number of para-hydroxylation sites is 1. The summed E-state index contributed by atoms with van der Waals surface area (Å²) in [5.41, 5.74) is 1.97. The van der Waals surface area contributed by atoms with Crippen LogP contribution in [0.25, 0.3) is 5.76 Å². The molecule has 0 aromatic heterocycles. The molecule has 1 atom stereocenters. The summed E-state index contributed by atoms with van der Waals surface area (Å²) in [6.07, 6.45) is 0. The van der Waals surface area contributed by atoms with Crippen molar-refractivity contribution >= 4 is 17.4 Å². The molecule has 1 aliphatic rings. The minimum Gasteiger partial charge on any atom is -0.507 e. The van der Waals surface area contributed by atoms with Crippen LogP contribution in [-0.2, 0) is 9.59 Å². The first-order valence-corrected chi connectivity index (χ1v) is 12.9. The molecule has 4 rings (SSSR count). The molecule has 1 aliphatic heterocycles. The molecule has 1 N–H and O–H groups in total. The molecule has 0 bridgehead atoms. The summed E-state index contributed by atoms with van der Waals surface area (Å²) in [4.78, 5) is 30.5. The van der Waals surface area contributed by atoms with Crippen LogP contribution in [-0.4, -0.2) is 59.9 Å². The van der Waals surface area contributed by atoms with Gasteiger partial charge in [-0.25, -0.2) is 0 Å². The third-order valence-corrected chi connectivity index (χ3v) is 6.93. The molecule has 38 heavy (non-hydrogen) atoms. The molecule has 1 saturated heterocycles. The van der Waals surface area contributed by atoms with Crippen molar-refractivity contribution in [1.29, 1.82) is 0 Å². The van der Waals surface area contributed by atoms with Crippen LogP contribution in [0.4, 0.5) is 0 Å². The zero-order valence-corrected chi connectivity index (χ0v) is 22.3. The van der Waals surface area contributed by atoms with E-state index in [1.54, 1.807) is 30.2 Å². The van der Waals surface area contributed by atoms with Crippen molar-refractivity contribution in [2.45, 2.75) is 26.8 Å². The topological polar surface area (TPSA) is 79.3 Å². The number of likely N-dealkylation sites (tertiary alicyclic amines) is 1. The molecule has 0 unspecified atom stereocenters. The van der Waals surface area contributed by atoms with E-state index < -0.39 is 17.7 Å². The number of ketones is 1. The third-order valence-electron chi connectivity index (χ3n) is 6.93. The number of hydrogen-bond donors (Lipinski definition) is 1. The lowest BCUT2D eigenvalue weighted by Gasteiger charge is -2.28. The van der Waals surface area contributed by atoms with Gasteiger partial charge in [-0.05, 0) is 73.6 Å². The number of carbonyl (C=O) groups excluding carboxylic acids is 2. The Balaban J connectivity index is 1.80. The summed E-state index contributed by atoms with van der Waals surface area (Å²) in [6.45, 7) is 8.57. The fraction of sp³-hybridized carbons (Fsp3) is 0.290. The quantitative estimate of drug-likeness (QED) is 0.217. The molecule has 3 aromatic carbocycles. The SMILES string of the molecule is CCN(CC)CCN1C(=O)C(=O)C(=C(O)c2ccc(OC)cc2C)[C@@H]1c1cccc(Oc2ccccc2)c1. The van der Waals surface area contributed by atoms with Gasteiger partial charge in [-0.3, -0.25) is 9.59 Å². The Kier molecular flexibility index (Phi) is 8.48. The Morgan fingerprint density at radius 2 is 1.63 bits per heavy atom. The number of aliphatic hydroxyl groups excluding tert-OH is 1. The molecule has 0 aliphatic carbocycles. The van der Waals surface area contributed by atoms with Crippen LogP contribution in [0.2, 0.25) is 0 Å². The maximum absolute atomic E-state index is 13.4. The van der Waals surface area contributed by atoms with E-state index in [1.807, 2.05) is 61.5 Å². The predicted molar refractivity (Wildman–Crippen MR) is 147 cm³/mol. The number of aliphatic hydroxyl groups is 1. The molecule has 7 nitrogen and oxygen atoms in total. The summed E-state index contributed by atoms with van der Waals surface area (Å²) in [5.74, 6) is 0.368. The number of aryl methyl sites for hydroxylation is 1. The van der Waals surface area contributed by atoms with Crippen molar-refractivity contribution in [2.24, 2.45) is 0 Å². The Hall–Kier alpha value is -4.10. The summed E-state index contributed by atoms with van der Waals surface area (Å²) in [6, 6.07) is 21.2. The maximum Gasteiger partial charge on any atom is 0.295 e. The number of likely N-dealkylation sites (N-methyl/N-ethyl adjacent to an activating group) is 1. The normalized spacial score (nSPS) is 16.8. The Bertz CT molecular complexity index is 1330. The molecule has 198 valence electrons. The number of benzene rings is 3. The first-order valence-electron chi connectivity index (χ1n) is 12.9. The number of rotatable bonds is 10. The molecule has 3 aromatic rings. The molecule has 1 heterocycles. The van der Waals surface area contributed by atoms with Crippen molar-refractivity contribution in [3.63, 3.8) is 0 Å². The molecule has 1 amide bonds. The van der Waals surface area contributed by atoms with E-state index in [0.29, 0.717) is 41.5 Å². The van der Waals surface area contributed by atoms with Crippen LogP contribution in [0.1, 0.15) is 36.6 Å². The molecule has 0 spiro atoms. The first-order chi connectivity index (χ1) is 18.4. The Labute approximate surface area is 223 Å². The van der Waals surface area contributed by atoms with Gasteiger partial charge in [0.1, 0.15) is 23.0 Å². The van der Waals surface area contributed by atoms with Gasteiger partial charge < -0.3 is 24.4 Å². The van der Waals surface area contributed by atoms with Gasteiger partial charge in [0, 0.05) is 18.7 Å². The largest absolute Gasteiger partial charge is 0.507 e. The third kappa shape index (κ3) is 5.58. The van der Waals surface area contributed by atoms with Crippen molar-refractivity contribution in [3.05, 3.63) is 95.1 Å². The lowest BCUT2D eigenvalue weighted by Crippen LogP contribution is -2.38. The molecule has 7 heteroatoms. The minimum atomic E-state index is -0.758. The first kappa shape index (κ1) is 26.9. The average molecular weight is 515 g/mol. The van der Waals surface area contributed by atoms with Gasteiger partial charge in [-0.1, -0.05) is 44.2 Å². The summed E-state index contributed by atoms with van der Waals surface area (Å²) >= 11 is 0. The number of methoxy groups -OCH3 is 1. The summed E-state index contributed by atoms with van der Waals surface area (Å²) < 4.78 is 11.3. The van der Waals surface area contributed by atoms with Gasteiger partial charge in [-0.15, -0.1) is 0 Å². The highest BCUT2D eigenvalue weighted by molar-refractivity contribution is 6.46. The van der Waals surface area contributed by atoms with Crippen molar-refractivity contribution in [1.82, 2.24) is 9.80 Å². The zero-order valence-electron chi connectivity index (χ0n) is 22.3. The summed E-state index contributed by atoms with van der Waals surface area (Å²) in [7, 11) is 1.57. The lowest BCUT2D eigenvalue weighted by atomic mass is 9.93. The Morgan fingerprint density at radius 1 is 0.921 bits per heavy atom. The Morgan fingerprint density at radius 3 is 2.29 bits per heavy atom. The number of hydrogen-bond acceptors (Lipinski definition) is 6. The van der Waals surface area contributed by atoms with E-state index in [4.69, 9.17) is 9.47 Å². The van der Waals surface area contributed by atoms with Crippen LogP contribution in [0.5, 0.6) is 17.2 Å². The van der Waals surface area contributed by atoms with Crippen LogP contribution >= 0.6 is 0 Å². The van der Waals surface area contributed by atoms with E-state index in [-0.39, 0.29) is 11.3 Å². The minimum absolute atomic E-state index is 0.0691. The van der Waals surface area contributed by atoms with Crippen molar-refractivity contribution in [3.8, 4) is 17.2 Å². The predicted octanol–water partition coefficient (Wildman–Crippen LogP) is 5.56. The van der Waals surface area contributed by atoms with Crippen molar-refractivity contribution < 1.29 is 24.2 Å². The highest BCUT2D eigenvalue weighted by Crippen LogP contribution is 2.41. The standard InChI is InChI=1S/C31H34N2O5/c1-5-32(6-2)17-18-33-28(22-11-10-14-25(20-22)38-23-12-8-7-9-13-23)27(30(35)31(33)36)29(34)26-16-15-24(37-4)19-21(26)3/h7-16,19-20,28,34H,5-6,17-18H2,1-4H3/t28-/m0/s1. The van der Waals surface area contributed by atoms with Gasteiger partial charge in [0.05, 0.1) is 18.7 Å². The molecule has 0 radical (unpaired) electrons. The molecular weight excluding hydrogens is 480 g/mol. The van der Waals surface area contributed by atoms with E-state index in [9.17, 15) is 14.7 Å². The highest BCUT2D eigenvalue weighted by Gasteiger charge is 2.46. The van der Waals surface area contributed by atoms with Crippen LogP contribution in [0.3, 0.4) is 0 Å². The van der Waals surface area contributed by atoms with E-state index >= 15 is 0 Å².